The van der Waals surface area contributed by atoms with E-state index < -0.39 is 17.8 Å². The van der Waals surface area contributed by atoms with Crippen molar-refractivity contribution in [2.24, 2.45) is 0 Å². The Morgan fingerprint density at radius 1 is 1.03 bits per heavy atom. The Kier molecular flexibility index (Phi) is 7.49. The van der Waals surface area contributed by atoms with Crippen molar-refractivity contribution >= 4 is 11.5 Å². The first-order chi connectivity index (χ1) is 15.2. The standard InChI is InChI=1S/C22H23F3N4O3/c1-29(2)12-17(30)13-31-18-8-6-16(7-9-18)28-20-11-21(27-14-26-20)32-19-5-3-4-15(10-19)22(23,24)25/h3-11,14,17,30H,12-13H2,1-2H3,(H,26,27,28). The molecular weight excluding hydrogens is 425 g/mol. The third-order valence-electron chi connectivity index (χ3n) is 4.17. The number of likely N-dealkylation sites (N-methyl/N-ethyl adjacent to an activating group) is 1. The molecule has 2 N–H and O–H groups in total. The highest BCUT2D eigenvalue weighted by Crippen LogP contribution is 2.32. The summed E-state index contributed by atoms with van der Waals surface area (Å²) in [6.45, 7) is 0.672. The number of hydrogen-bond acceptors (Lipinski definition) is 7. The van der Waals surface area contributed by atoms with Crippen molar-refractivity contribution in [2.45, 2.75) is 12.3 Å². The fourth-order valence-corrected chi connectivity index (χ4v) is 2.77. The third kappa shape index (κ3) is 7.10. The predicted octanol–water partition coefficient (Wildman–Crippen LogP) is 4.33. The molecule has 0 spiro atoms. The zero-order chi connectivity index (χ0) is 23.1. The molecule has 10 heteroatoms. The van der Waals surface area contributed by atoms with Crippen LogP contribution >= 0.6 is 0 Å². The molecule has 3 rings (SSSR count). The number of aliphatic hydroxyl groups is 1. The van der Waals surface area contributed by atoms with Crippen LogP contribution in [0, 0.1) is 0 Å². The topological polar surface area (TPSA) is 79.7 Å². The van der Waals surface area contributed by atoms with Crippen LogP contribution in [0.25, 0.3) is 0 Å². The number of anilines is 2. The number of rotatable bonds is 9. The number of aromatic nitrogens is 2. The van der Waals surface area contributed by atoms with E-state index >= 15 is 0 Å². The van der Waals surface area contributed by atoms with Crippen molar-refractivity contribution in [2.75, 3.05) is 32.6 Å². The van der Waals surface area contributed by atoms with Gasteiger partial charge in [0.05, 0.1) is 5.56 Å². The van der Waals surface area contributed by atoms with E-state index in [-0.39, 0.29) is 18.2 Å². The monoisotopic (exact) mass is 448 g/mol. The van der Waals surface area contributed by atoms with Crippen molar-refractivity contribution in [1.29, 1.82) is 0 Å². The molecule has 170 valence electrons. The SMILES string of the molecule is CN(C)CC(O)COc1ccc(Nc2cc(Oc3cccc(C(F)(F)F)c3)ncn2)cc1. The number of nitrogens with one attached hydrogen (secondary N) is 1. The van der Waals surface area contributed by atoms with E-state index in [0.717, 1.165) is 12.1 Å². The molecule has 1 unspecified atom stereocenters. The summed E-state index contributed by atoms with van der Waals surface area (Å²) < 4.78 is 49.6. The van der Waals surface area contributed by atoms with Gasteiger partial charge in [0, 0.05) is 18.3 Å². The van der Waals surface area contributed by atoms with Crippen molar-refractivity contribution in [3.8, 4) is 17.4 Å². The lowest BCUT2D eigenvalue weighted by Gasteiger charge is -2.16. The van der Waals surface area contributed by atoms with Gasteiger partial charge in [0.15, 0.2) is 0 Å². The molecule has 0 aliphatic rings. The quantitative estimate of drug-likeness (QED) is 0.504. The fraction of sp³-hybridized carbons (Fsp3) is 0.273. The van der Waals surface area contributed by atoms with E-state index in [9.17, 15) is 18.3 Å². The van der Waals surface area contributed by atoms with Crippen molar-refractivity contribution in [3.05, 3.63) is 66.5 Å². The van der Waals surface area contributed by atoms with Gasteiger partial charge in [-0.05, 0) is 56.6 Å². The second-order valence-corrected chi connectivity index (χ2v) is 7.25. The Balaban J connectivity index is 1.60. The van der Waals surface area contributed by atoms with Crippen LogP contribution < -0.4 is 14.8 Å². The smallest absolute Gasteiger partial charge is 0.416 e. The van der Waals surface area contributed by atoms with Crippen LogP contribution in [0.2, 0.25) is 0 Å². The molecule has 1 atom stereocenters. The highest BCUT2D eigenvalue weighted by atomic mass is 19.4. The molecule has 0 amide bonds. The van der Waals surface area contributed by atoms with Gasteiger partial charge in [0.25, 0.3) is 0 Å². The molecule has 1 heterocycles. The Hall–Kier alpha value is -3.37. The molecule has 0 saturated carbocycles. The second-order valence-electron chi connectivity index (χ2n) is 7.25. The van der Waals surface area contributed by atoms with Gasteiger partial charge in [-0.3, -0.25) is 0 Å². The molecule has 0 bridgehead atoms. The van der Waals surface area contributed by atoms with Crippen LogP contribution in [-0.2, 0) is 6.18 Å². The summed E-state index contributed by atoms with van der Waals surface area (Å²) in [6.07, 6.45) is -3.81. The number of aliphatic hydroxyl groups excluding tert-OH is 1. The molecule has 7 nitrogen and oxygen atoms in total. The van der Waals surface area contributed by atoms with Crippen molar-refractivity contribution in [3.63, 3.8) is 0 Å². The summed E-state index contributed by atoms with van der Waals surface area (Å²) in [5, 5.41) is 12.9. The molecule has 32 heavy (non-hydrogen) atoms. The molecule has 0 aliphatic heterocycles. The van der Waals surface area contributed by atoms with Gasteiger partial charge in [-0.1, -0.05) is 6.07 Å². The number of alkyl halides is 3. The predicted molar refractivity (Wildman–Crippen MR) is 113 cm³/mol. The molecule has 0 aliphatic carbocycles. The van der Waals surface area contributed by atoms with Gasteiger partial charge in [0.1, 0.15) is 36.4 Å². The molecule has 2 aromatic carbocycles. The van der Waals surface area contributed by atoms with Crippen LogP contribution in [0.4, 0.5) is 24.7 Å². The minimum absolute atomic E-state index is 0.0161. The van der Waals surface area contributed by atoms with Gasteiger partial charge >= 0.3 is 6.18 Å². The summed E-state index contributed by atoms with van der Waals surface area (Å²) >= 11 is 0. The maximum Gasteiger partial charge on any atom is 0.416 e. The Labute approximate surface area is 183 Å². The summed E-state index contributed by atoms with van der Waals surface area (Å²) in [4.78, 5) is 9.90. The summed E-state index contributed by atoms with van der Waals surface area (Å²) in [5.74, 6) is 1.11. The fourth-order valence-electron chi connectivity index (χ4n) is 2.77. The molecule has 3 aromatic rings. The molecule has 0 fully saturated rings. The first-order valence-electron chi connectivity index (χ1n) is 9.69. The lowest BCUT2D eigenvalue weighted by molar-refractivity contribution is -0.137. The van der Waals surface area contributed by atoms with Gasteiger partial charge in [0.2, 0.25) is 5.88 Å². The normalized spacial score (nSPS) is 12.5. The van der Waals surface area contributed by atoms with Crippen LogP contribution in [0.5, 0.6) is 17.4 Å². The van der Waals surface area contributed by atoms with Crippen LogP contribution in [0.15, 0.2) is 60.9 Å². The largest absolute Gasteiger partial charge is 0.491 e. The van der Waals surface area contributed by atoms with E-state index in [1.54, 1.807) is 24.3 Å². The van der Waals surface area contributed by atoms with Crippen molar-refractivity contribution < 1.29 is 27.8 Å². The zero-order valence-corrected chi connectivity index (χ0v) is 17.5. The number of hydrogen-bond donors (Lipinski definition) is 2. The van der Waals surface area contributed by atoms with Gasteiger partial charge in [-0.15, -0.1) is 0 Å². The van der Waals surface area contributed by atoms with Gasteiger partial charge < -0.3 is 24.8 Å². The number of ether oxygens (including phenoxy) is 2. The number of halogens is 3. The zero-order valence-electron chi connectivity index (χ0n) is 17.5. The van der Waals surface area contributed by atoms with E-state index in [1.807, 2.05) is 19.0 Å². The summed E-state index contributed by atoms with van der Waals surface area (Å²) in [5.41, 5.74) is -0.103. The minimum atomic E-state index is -4.46. The Morgan fingerprint density at radius 2 is 1.78 bits per heavy atom. The van der Waals surface area contributed by atoms with Gasteiger partial charge in [-0.2, -0.15) is 13.2 Å². The van der Waals surface area contributed by atoms with E-state index in [1.165, 1.54) is 24.5 Å². The average molecular weight is 448 g/mol. The molecular formula is C22H23F3N4O3. The number of nitrogens with zero attached hydrogens (tertiary/aromatic N) is 3. The maximum atomic E-state index is 12.9. The van der Waals surface area contributed by atoms with E-state index in [2.05, 4.69) is 15.3 Å². The van der Waals surface area contributed by atoms with E-state index in [0.29, 0.717) is 23.8 Å². The average Bonchev–Trinajstić information content (AvgIpc) is 2.73. The van der Waals surface area contributed by atoms with E-state index in [4.69, 9.17) is 9.47 Å². The van der Waals surface area contributed by atoms with Crippen LogP contribution in [-0.4, -0.2) is 53.3 Å². The third-order valence-corrected chi connectivity index (χ3v) is 4.17. The first-order valence-corrected chi connectivity index (χ1v) is 9.69. The first kappa shape index (κ1) is 23.3. The molecule has 0 saturated heterocycles. The number of benzene rings is 2. The van der Waals surface area contributed by atoms with Gasteiger partial charge in [-0.25, -0.2) is 9.97 Å². The minimum Gasteiger partial charge on any atom is -0.491 e. The highest BCUT2D eigenvalue weighted by Gasteiger charge is 2.30. The van der Waals surface area contributed by atoms with Crippen LogP contribution in [0.3, 0.4) is 0 Å². The Bertz CT molecular complexity index is 1010. The van der Waals surface area contributed by atoms with Crippen LogP contribution in [0.1, 0.15) is 5.56 Å². The lowest BCUT2D eigenvalue weighted by Crippen LogP contribution is -2.30. The highest BCUT2D eigenvalue weighted by molar-refractivity contribution is 5.57. The maximum absolute atomic E-state index is 12.9. The molecule has 1 aromatic heterocycles. The summed E-state index contributed by atoms with van der Waals surface area (Å²) in [6, 6.07) is 13.0. The second kappa shape index (κ2) is 10.3. The molecule has 0 radical (unpaired) electrons. The Morgan fingerprint density at radius 3 is 2.47 bits per heavy atom. The van der Waals surface area contributed by atoms with Crippen molar-refractivity contribution in [1.82, 2.24) is 14.9 Å². The summed E-state index contributed by atoms with van der Waals surface area (Å²) in [7, 11) is 3.74. The lowest BCUT2D eigenvalue weighted by atomic mass is 10.2.